The van der Waals surface area contributed by atoms with Crippen LogP contribution in [0, 0.1) is 35.5 Å². The first kappa shape index (κ1) is 37.6. The molecule has 4 aromatic rings. The second-order valence-corrected chi connectivity index (χ2v) is 12.0. The standard InChI is InChI=1S/C46H50O4/c1-5-9-29-47-43-35-41(45(49-31-11-7-3)33-39(43)25-23-37-19-15-13-16-20-37)27-28-42-36-44(48-30-10-6-2)40(34-46(42)50-32-12-8-4)26-24-38-21-17-14-18-22-38/h13-22,33-36H,5-12,29-32H2,1-4H3. The number of hydrogen-bond donors (Lipinski definition) is 0. The summed E-state index contributed by atoms with van der Waals surface area (Å²) >= 11 is 0. The SMILES string of the molecule is CCCCOc1cc(C#Cc2cc(OCCCC)c(C#Cc3ccccc3)cc2OCCCC)c(OCCCC)cc1C#Cc1ccccc1. The summed E-state index contributed by atoms with van der Waals surface area (Å²) in [5.41, 5.74) is 4.90. The lowest BCUT2D eigenvalue weighted by atomic mass is 10.1. The summed E-state index contributed by atoms with van der Waals surface area (Å²) in [6.45, 7) is 11.0. The third-order valence-corrected chi connectivity index (χ3v) is 7.75. The molecule has 0 bridgehead atoms. The smallest absolute Gasteiger partial charge is 0.136 e. The fraction of sp³-hybridized carbons (Fsp3) is 0.348. The van der Waals surface area contributed by atoms with Gasteiger partial charge in [0.05, 0.1) is 48.7 Å². The molecule has 0 aromatic heterocycles. The first-order chi connectivity index (χ1) is 24.6. The molecule has 0 aliphatic rings. The quantitative estimate of drug-likeness (QED) is 0.0881. The Morgan fingerprint density at radius 2 is 0.620 bits per heavy atom. The minimum atomic E-state index is 0.586. The van der Waals surface area contributed by atoms with Crippen molar-refractivity contribution >= 4 is 0 Å². The summed E-state index contributed by atoms with van der Waals surface area (Å²) < 4.78 is 25.3. The molecule has 4 heteroatoms. The molecule has 4 aromatic carbocycles. The maximum Gasteiger partial charge on any atom is 0.136 e. The van der Waals surface area contributed by atoms with Crippen LogP contribution in [0.3, 0.4) is 0 Å². The zero-order valence-corrected chi connectivity index (χ0v) is 30.2. The highest BCUT2D eigenvalue weighted by Gasteiger charge is 2.14. The second kappa shape index (κ2) is 21.7. The molecule has 0 fully saturated rings. The van der Waals surface area contributed by atoms with E-state index in [1.165, 1.54) is 0 Å². The number of unbranched alkanes of at least 4 members (excludes halogenated alkanes) is 4. The summed E-state index contributed by atoms with van der Waals surface area (Å²) in [5, 5.41) is 0. The van der Waals surface area contributed by atoms with Crippen LogP contribution in [0.5, 0.6) is 23.0 Å². The third-order valence-electron chi connectivity index (χ3n) is 7.75. The van der Waals surface area contributed by atoms with Crippen LogP contribution >= 0.6 is 0 Å². The van der Waals surface area contributed by atoms with Crippen molar-refractivity contribution in [2.75, 3.05) is 26.4 Å². The van der Waals surface area contributed by atoms with E-state index in [1.807, 2.05) is 84.9 Å². The van der Waals surface area contributed by atoms with Gasteiger partial charge in [0.1, 0.15) is 23.0 Å². The predicted molar refractivity (Wildman–Crippen MR) is 205 cm³/mol. The first-order valence-electron chi connectivity index (χ1n) is 18.2. The monoisotopic (exact) mass is 666 g/mol. The summed E-state index contributed by atoms with van der Waals surface area (Å²) in [5.74, 6) is 22.8. The molecule has 0 saturated carbocycles. The molecule has 0 heterocycles. The van der Waals surface area contributed by atoms with Gasteiger partial charge < -0.3 is 18.9 Å². The average Bonchev–Trinajstić information content (AvgIpc) is 3.15. The maximum atomic E-state index is 6.33. The van der Waals surface area contributed by atoms with E-state index >= 15 is 0 Å². The van der Waals surface area contributed by atoms with Crippen molar-refractivity contribution in [2.45, 2.75) is 79.1 Å². The van der Waals surface area contributed by atoms with E-state index in [0.717, 1.165) is 84.7 Å². The van der Waals surface area contributed by atoms with Crippen molar-refractivity contribution in [3.63, 3.8) is 0 Å². The van der Waals surface area contributed by atoms with Gasteiger partial charge in [0.15, 0.2) is 0 Å². The average molecular weight is 667 g/mol. The van der Waals surface area contributed by atoms with Crippen LogP contribution in [-0.2, 0) is 0 Å². The fourth-order valence-corrected chi connectivity index (χ4v) is 4.75. The Labute approximate surface area is 300 Å². The van der Waals surface area contributed by atoms with Crippen LogP contribution in [-0.4, -0.2) is 26.4 Å². The van der Waals surface area contributed by atoms with Crippen molar-refractivity contribution in [3.8, 4) is 58.5 Å². The lowest BCUT2D eigenvalue weighted by Crippen LogP contribution is -2.04. The molecule has 50 heavy (non-hydrogen) atoms. The van der Waals surface area contributed by atoms with Gasteiger partial charge in [-0.15, -0.1) is 0 Å². The summed E-state index contributed by atoms with van der Waals surface area (Å²) in [4.78, 5) is 0. The molecule has 0 saturated heterocycles. The molecule has 4 rings (SSSR count). The molecule has 258 valence electrons. The lowest BCUT2D eigenvalue weighted by Gasteiger charge is -2.14. The number of hydrogen-bond acceptors (Lipinski definition) is 4. The van der Waals surface area contributed by atoms with Gasteiger partial charge in [0, 0.05) is 35.4 Å². The minimum absolute atomic E-state index is 0.586. The number of benzene rings is 4. The third kappa shape index (κ3) is 12.3. The highest BCUT2D eigenvalue weighted by atomic mass is 16.5. The highest BCUT2D eigenvalue weighted by Crippen LogP contribution is 2.32. The Morgan fingerprint density at radius 1 is 0.360 bits per heavy atom. The zero-order valence-electron chi connectivity index (χ0n) is 30.2. The van der Waals surface area contributed by atoms with Gasteiger partial charge >= 0.3 is 0 Å². The topological polar surface area (TPSA) is 36.9 Å². The molecule has 0 aliphatic carbocycles. The molecule has 0 radical (unpaired) electrons. The van der Waals surface area contributed by atoms with Gasteiger partial charge in [-0.05, 0) is 49.9 Å². The van der Waals surface area contributed by atoms with Crippen molar-refractivity contribution in [1.82, 2.24) is 0 Å². The Balaban J connectivity index is 1.82. The zero-order chi connectivity index (χ0) is 35.2. The van der Waals surface area contributed by atoms with E-state index in [1.54, 1.807) is 0 Å². The van der Waals surface area contributed by atoms with Gasteiger partial charge in [-0.25, -0.2) is 0 Å². The Hall–Kier alpha value is -5.24. The van der Waals surface area contributed by atoms with Crippen molar-refractivity contribution in [2.24, 2.45) is 0 Å². The summed E-state index contributed by atoms with van der Waals surface area (Å²) in [6.07, 6.45) is 7.88. The number of ether oxygens (including phenoxy) is 4. The highest BCUT2D eigenvalue weighted by molar-refractivity contribution is 5.64. The molecule has 0 N–H and O–H groups in total. The predicted octanol–water partition coefficient (Wildman–Crippen LogP) is 10.6. The first-order valence-corrected chi connectivity index (χ1v) is 18.2. The maximum absolute atomic E-state index is 6.33. The molecule has 4 nitrogen and oxygen atoms in total. The van der Waals surface area contributed by atoms with Gasteiger partial charge in [-0.3, -0.25) is 0 Å². The lowest BCUT2D eigenvalue weighted by molar-refractivity contribution is 0.299. The summed E-state index contributed by atoms with van der Waals surface area (Å²) in [7, 11) is 0. The van der Waals surface area contributed by atoms with E-state index in [0.29, 0.717) is 49.4 Å². The van der Waals surface area contributed by atoms with Crippen LogP contribution < -0.4 is 18.9 Å². The van der Waals surface area contributed by atoms with E-state index in [4.69, 9.17) is 18.9 Å². The minimum Gasteiger partial charge on any atom is -0.492 e. The molecule has 0 unspecified atom stereocenters. The van der Waals surface area contributed by atoms with Crippen molar-refractivity contribution in [3.05, 3.63) is 118 Å². The second-order valence-electron chi connectivity index (χ2n) is 12.0. The van der Waals surface area contributed by atoms with E-state index < -0.39 is 0 Å². The summed E-state index contributed by atoms with van der Waals surface area (Å²) in [6, 6.07) is 27.8. The van der Waals surface area contributed by atoms with Gasteiger partial charge in [-0.2, -0.15) is 0 Å². The van der Waals surface area contributed by atoms with Crippen LogP contribution in [0.15, 0.2) is 84.9 Å². The van der Waals surface area contributed by atoms with Gasteiger partial charge in [0.2, 0.25) is 0 Å². The Kier molecular flexibility index (Phi) is 16.3. The van der Waals surface area contributed by atoms with Crippen LogP contribution in [0.1, 0.15) is 112 Å². The van der Waals surface area contributed by atoms with Gasteiger partial charge in [0.25, 0.3) is 0 Å². The number of rotatable bonds is 16. The van der Waals surface area contributed by atoms with E-state index in [9.17, 15) is 0 Å². The fourth-order valence-electron chi connectivity index (χ4n) is 4.75. The van der Waals surface area contributed by atoms with E-state index in [2.05, 4.69) is 63.2 Å². The van der Waals surface area contributed by atoms with Crippen LogP contribution in [0.4, 0.5) is 0 Å². The van der Waals surface area contributed by atoms with Crippen LogP contribution in [0.25, 0.3) is 0 Å². The molecule has 0 spiro atoms. The van der Waals surface area contributed by atoms with Crippen LogP contribution in [0.2, 0.25) is 0 Å². The van der Waals surface area contributed by atoms with E-state index in [-0.39, 0.29) is 0 Å². The van der Waals surface area contributed by atoms with Gasteiger partial charge in [-0.1, -0.05) is 125 Å². The Bertz CT molecular complexity index is 1680. The normalized spacial score (nSPS) is 10.1. The molecule has 0 aliphatic heterocycles. The molecule has 0 amide bonds. The van der Waals surface area contributed by atoms with Crippen molar-refractivity contribution < 1.29 is 18.9 Å². The van der Waals surface area contributed by atoms with Crippen molar-refractivity contribution in [1.29, 1.82) is 0 Å². The molecular weight excluding hydrogens is 617 g/mol. The molecular formula is C46H50O4. The largest absolute Gasteiger partial charge is 0.492 e. The Morgan fingerprint density at radius 3 is 0.880 bits per heavy atom. The molecule has 0 atom stereocenters.